The Labute approximate surface area is 121 Å². The first-order valence-corrected chi connectivity index (χ1v) is 7.34. The van der Waals surface area contributed by atoms with E-state index in [9.17, 15) is 5.11 Å². The Morgan fingerprint density at radius 1 is 1.00 bits per heavy atom. The summed E-state index contributed by atoms with van der Waals surface area (Å²) >= 11 is 0. The summed E-state index contributed by atoms with van der Waals surface area (Å²) in [5, 5.41) is 28.2. The van der Waals surface area contributed by atoms with E-state index in [0.29, 0.717) is 25.6 Å². The molecule has 4 nitrogen and oxygen atoms in total. The first-order chi connectivity index (χ1) is 9.62. The molecule has 1 rings (SSSR count). The molecule has 20 heavy (non-hydrogen) atoms. The van der Waals surface area contributed by atoms with Crippen LogP contribution in [0.1, 0.15) is 43.4 Å². The third-order valence-corrected chi connectivity index (χ3v) is 3.77. The molecular weight excluding hydrogens is 254 g/mol. The maximum atomic E-state index is 10.2. The van der Waals surface area contributed by atoms with Gasteiger partial charge in [0.2, 0.25) is 0 Å². The van der Waals surface area contributed by atoms with E-state index in [4.69, 9.17) is 10.2 Å². The Balaban J connectivity index is 2.64. The van der Waals surface area contributed by atoms with Crippen LogP contribution in [0, 0.1) is 0 Å². The second-order valence-electron chi connectivity index (χ2n) is 5.24. The van der Waals surface area contributed by atoms with Crippen molar-refractivity contribution < 1.29 is 15.3 Å². The van der Waals surface area contributed by atoms with E-state index in [0.717, 1.165) is 12.0 Å². The number of aliphatic hydroxyl groups excluding tert-OH is 3. The van der Waals surface area contributed by atoms with Crippen LogP contribution in [-0.2, 0) is 0 Å². The molecule has 0 saturated carbocycles. The monoisotopic (exact) mass is 281 g/mol. The van der Waals surface area contributed by atoms with Gasteiger partial charge in [0.25, 0.3) is 0 Å². The maximum Gasteiger partial charge on any atom is 0.0916 e. The highest BCUT2D eigenvalue weighted by Crippen LogP contribution is 2.21. The smallest absolute Gasteiger partial charge is 0.0916 e. The lowest BCUT2D eigenvalue weighted by atomic mass is 9.96. The minimum absolute atomic E-state index is 0.0275. The van der Waals surface area contributed by atoms with Gasteiger partial charge in [-0.3, -0.25) is 4.90 Å². The Bertz CT molecular complexity index is 360. The number of benzene rings is 1. The Hall–Kier alpha value is -0.940. The van der Waals surface area contributed by atoms with Gasteiger partial charge in [-0.15, -0.1) is 0 Å². The van der Waals surface area contributed by atoms with Crippen LogP contribution in [-0.4, -0.2) is 53.1 Å². The van der Waals surface area contributed by atoms with Gasteiger partial charge in [-0.25, -0.2) is 0 Å². The van der Waals surface area contributed by atoms with Gasteiger partial charge in [-0.05, 0) is 23.5 Å². The van der Waals surface area contributed by atoms with Crippen LogP contribution in [0.3, 0.4) is 0 Å². The molecule has 0 amide bonds. The van der Waals surface area contributed by atoms with E-state index in [1.54, 1.807) is 0 Å². The average Bonchev–Trinajstić information content (AvgIpc) is 2.47. The third kappa shape index (κ3) is 5.21. The first-order valence-electron chi connectivity index (χ1n) is 7.34. The molecule has 0 aliphatic carbocycles. The summed E-state index contributed by atoms with van der Waals surface area (Å²) in [6.07, 6.45) is 0.502. The van der Waals surface area contributed by atoms with Gasteiger partial charge in [-0.2, -0.15) is 0 Å². The number of rotatable bonds is 9. The fraction of sp³-hybridized carbons (Fsp3) is 0.625. The molecule has 2 unspecified atom stereocenters. The fourth-order valence-corrected chi connectivity index (χ4v) is 2.21. The lowest BCUT2D eigenvalue weighted by Crippen LogP contribution is -2.33. The van der Waals surface area contributed by atoms with E-state index >= 15 is 0 Å². The second-order valence-corrected chi connectivity index (χ2v) is 5.24. The van der Waals surface area contributed by atoms with Crippen LogP contribution in [0.4, 0.5) is 0 Å². The average molecular weight is 281 g/mol. The molecule has 1 aromatic rings. The largest absolute Gasteiger partial charge is 0.395 e. The van der Waals surface area contributed by atoms with Gasteiger partial charge in [0.15, 0.2) is 0 Å². The summed E-state index contributed by atoms with van der Waals surface area (Å²) in [5.74, 6) is 0.529. The molecule has 0 heterocycles. The summed E-state index contributed by atoms with van der Waals surface area (Å²) in [5.41, 5.74) is 2.16. The summed E-state index contributed by atoms with van der Waals surface area (Å²) in [6.45, 7) is 5.75. The van der Waals surface area contributed by atoms with Gasteiger partial charge >= 0.3 is 0 Å². The number of hydrogen-bond acceptors (Lipinski definition) is 4. The Morgan fingerprint density at radius 2 is 1.50 bits per heavy atom. The lowest BCUT2D eigenvalue weighted by Gasteiger charge is -2.23. The number of aliphatic hydroxyl groups is 3. The zero-order valence-corrected chi connectivity index (χ0v) is 12.5. The molecule has 0 radical (unpaired) electrons. The molecule has 3 N–H and O–H groups in total. The first kappa shape index (κ1) is 17.1. The molecular formula is C16H27NO3. The van der Waals surface area contributed by atoms with Crippen LogP contribution in [0.5, 0.6) is 0 Å². The van der Waals surface area contributed by atoms with Crippen LogP contribution in [0.25, 0.3) is 0 Å². The summed E-state index contributed by atoms with van der Waals surface area (Å²) in [7, 11) is 0. The molecule has 2 atom stereocenters. The van der Waals surface area contributed by atoms with Gasteiger partial charge in [0.1, 0.15) is 0 Å². The summed E-state index contributed by atoms with van der Waals surface area (Å²) in [6, 6.07) is 8.05. The minimum Gasteiger partial charge on any atom is -0.395 e. The Morgan fingerprint density at radius 3 is 1.95 bits per heavy atom. The van der Waals surface area contributed by atoms with Crippen molar-refractivity contribution in [1.82, 2.24) is 4.90 Å². The fourth-order valence-electron chi connectivity index (χ4n) is 2.21. The highest BCUT2D eigenvalue weighted by Gasteiger charge is 2.13. The molecule has 0 aliphatic heterocycles. The van der Waals surface area contributed by atoms with Crippen LogP contribution < -0.4 is 0 Å². The molecule has 0 spiro atoms. The molecule has 0 aromatic heterocycles. The summed E-state index contributed by atoms with van der Waals surface area (Å²) in [4.78, 5) is 1.85. The standard InChI is InChI=1S/C16H27NO3/c1-3-13(2)14-4-6-15(7-5-14)16(20)12-17(8-10-18)9-11-19/h4-7,13,16,18-20H,3,8-12H2,1-2H3. The van der Waals surface area contributed by atoms with Gasteiger partial charge < -0.3 is 15.3 Å². The molecule has 114 valence electrons. The predicted octanol–water partition coefficient (Wildman–Crippen LogP) is 1.52. The van der Waals surface area contributed by atoms with Crippen molar-refractivity contribution in [1.29, 1.82) is 0 Å². The van der Waals surface area contributed by atoms with Crippen molar-refractivity contribution in [2.75, 3.05) is 32.8 Å². The molecule has 0 aliphatic rings. The zero-order valence-electron chi connectivity index (χ0n) is 12.5. The minimum atomic E-state index is -0.598. The molecule has 1 aromatic carbocycles. The van der Waals surface area contributed by atoms with Crippen LogP contribution in [0.15, 0.2) is 24.3 Å². The van der Waals surface area contributed by atoms with Crippen molar-refractivity contribution in [3.63, 3.8) is 0 Å². The van der Waals surface area contributed by atoms with E-state index < -0.39 is 6.10 Å². The van der Waals surface area contributed by atoms with Crippen molar-refractivity contribution in [3.05, 3.63) is 35.4 Å². The highest BCUT2D eigenvalue weighted by atomic mass is 16.3. The topological polar surface area (TPSA) is 63.9 Å². The van der Waals surface area contributed by atoms with Gasteiger partial charge in [0.05, 0.1) is 19.3 Å². The van der Waals surface area contributed by atoms with Crippen LogP contribution in [0.2, 0.25) is 0 Å². The molecule has 0 bridgehead atoms. The molecule has 0 fully saturated rings. The lowest BCUT2D eigenvalue weighted by molar-refractivity contribution is 0.0874. The van der Waals surface area contributed by atoms with E-state index in [-0.39, 0.29) is 13.2 Å². The van der Waals surface area contributed by atoms with E-state index in [2.05, 4.69) is 26.0 Å². The normalized spacial score (nSPS) is 14.5. The second kappa shape index (κ2) is 9.08. The Kier molecular flexibility index (Phi) is 7.77. The van der Waals surface area contributed by atoms with Crippen molar-refractivity contribution >= 4 is 0 Å². The van der Waals surface area contributed by atoms with Crippen molar-refractivity contribution in [2.45, 2.75) is 32.3 Å². The predicted molar refractivity (Wildman–Crippen MR) is 80.7 cm³/mol. The van der Waals surface area contributed by atoms with Gasteiger partial charge in [-0.1, -0.05) is 38.1 Å². The van der Waals surface area contributed by atoms with Crippen molar-refractivity contribution in [3.8, 4) is 0 Å². The molecule has 4 heteroatoms. The highest BCUT2D eigenvalue weighted by molar-refractivity contribution is 5.26. The van der Waals surface area contributed by atoms with Crippen LogP contribution >= 0.6 is 0 Å². The zero-order chi connectivity index (χ0) is 15.0. The van der Waals surface area contributed by atoms with Crippen molar-refractivity contribution in [2.24, 2.45) is 0 Å². The third-order valence-electron chi connectivity index (χ3n) is 3.77. The van der Waals surface area contributed by atoms with E-state index in [1.165, 1.54) is 5.56 Å². The quantitative estimate of drug-likeness (QED) is 0.642. The SMILES string of the molecule is CCC(C)c1ccc(C(O)CN(CCO)CCO)cc1. The van der Waals surface area contributed by atoms with Gasteiger partial charge in [0, 0.05) is 19.6 Å². The maximum absolute atomic E-state index is 10.2. The number of nitrogens with zero attached hydrogens (tertiary/aromatic N) is 1. The summed E-state index contributed by atoms with van der Waals surface area (Å²) < 4.78 is 0. The molecule has 0 saturated heterocycles. The number of hydrogen-bond donors (Lipinski definition) is 3. The van der Waals surface area contributed by atoms with E-state index in [1.807, 2.05) is 17.0 Å².